The second kappa shape index (κ2) is 5.77. The molecule has 0 aliphatic heterocycles. The van der Waals surface area contributed by atoms with Crippen LogP contribution < -0.4 is 5.32 Å². The first kappa shape index (κ1) is 12.0. The van der Waals surface area contributed by atoms with Crippen molar-refractivity contribution >= 4 is 21.7 Å². The molecule has 0 amide bonds. The normalized spacial score (nSPS) is 12.1. The number of rotatable bonds is 4. The van der Waals surface area contributed by atoms with Gasteiger partial charge in [0, 0.05) is 12.1 Å². The smallest absolute Gasteiger partial charge is 0.130 e. The zero-order valence-electron chi connectivity index (χ0n) is 9.60. The van der Waals surface area contributed by atoms with Gasteiger partial charge in [0.2, 0.25) is 0 Å². The summed E-state index contributed by atoms with van der Waals surface area (Å²) in [6, 6.07) is 12.6. The summed E-state index contributed by atoms with van der Waals surface area (Å²) >= 11 is 3.33. The van der Waals surface area contributed by atoms with Crippen LogP contribution in [-0.2, 0) is 6.42 Å². The Bertz CT molecular complexity index is 473. The molecule has 1 aromatic heterocycles. The van der Waals surface area contributed by atoms with E-state index in [-0.39, 0.29) is 0 Å². The van der Waals surface area contributed by atoms with Gasteiger partial charge in [0.15, 0.2) is 0 Å². The molecule has 2 aromatic rings. The van der Waals surface area contributed by atoms with E-state index in [0.29, 0.717) is 6.04 Å². The number of aromatic nitrogens is 2. The van der Waals surface area contributed by atoms with E-state index in [1.54, 1.807) is 6.33 Å². The minimum Gasteiger partial charge on any atom is -0.367 e. The highest BCUT2D eigenvalue weighted by Crippen LogP contribution is 2.12. The van der Waals surface area contributed by atoms with E-state index in [9.17, 15) is 0 Å². The summed E-state index contributed by atoms with van der Waals surface area (Å²) in [5.41, 5.74) is 1.32. The fourth-order valence-electron chi connectivity index (χ4n) is 1.68. The average Bonchev–Trinajstić information content (AvgIpc) is 2.30. The predicted molar refractivity (Wildman–Crippen MR) is 73.0 cm³/mol. The molecular weight excluding hydrogens is 278 g/mol. The molecular formula is C13H14BrN3. The van der Waals surface area contributed by atoms with E-state index < -0.39 is 0 Å². The molecule has 1 heterocycles. The van der Waals surface area contributed by atoms with Crippen LogP contribution in [0.2, 0.25) is 0 Å². The molecule has 0 bridgehead atoms. The van der Waals surface area contributed by atoms with E-state index in [4.69, 9.17) is 0 Å². The van der Waals surface area contributed by atoms with Crippen molar-refractivity contribution in [1.29, 1.82) is 0 Å². The lowest BCUT2D eigenvalue weighted by Crippen LogP contribution is -2.18. The third kappa shape index (κ3) is 3.82. The SMILES string of the molecule is CC(Cc1ccccc1)Nc1cc(Br)ncn1. The average molecular weight is 292 g/mol. The maximum absolute atomic E-state index is 4.17. The summed E-state index contributed by atoms with van der Waals surface area (Å²) in [5.74, 6) is 0.843. The molecule has 1 N–H and O–H groups in total. The molecule has 4 heteroatoms. The molecule has 88 valence electrons. The lowest BCUT2D eigenvalue weighted by molar-refractivity contribution is 0.783. The van der Waals surface area contributed by atoms with Crippen molar-refractivity contribution in [3.63, 3.8) is 0 Å². The minimum atomic E-state index is 0.333. The van der Waals surface area contributed by atoms with Crippen LogP contribution in [0.4, 0.5) is 5.82 Å². The fourth-order valence-corrected chi connectivity index (χ4v) is 1.99. The third-order valence-electron chi connectivity index (χ3n) is 2.41. The molecule has 3 nitrogen and oxygen atoms in total. The first-order chi connectivity index (χ1) is 8.24. The zero-order valence-corrected chi connectivity index (χ0v) is 11.2. The third-order valence-corrected chi connectivity index (χ3v) is 2.85. The molecule has 1 unspecified atom stereocenters. The molecule has 0 aliphatic carbocycles. The number of nitrogens with zero attached hydrogens (tertiary/aromatic N) is 2. The maximum Gasteiger partial charge on any atom is 0.130 e. The monoisotopic (exact) mass is 291 g/mol. The second-order valence-electron chi connectivity index (χ2n) is 3.96. The maximum atomic E-state index is 4.17. The van der Waals surface area contributed by atoms with Gasteiger partial charge < -0.3 is 5.32 Å². The van der Waals surface area contributed by atoms with E-state index in [0.717, 1.165) is 16.8 Å². The van der Waals surface area contributed by atoms with Crippen molar-refractivity contribution in [2.24, 2.45) is 0 Å². The molecule has 0 radical (unpaired) electrons. The van der Waals surface area contributed by atoms with Gasteiger partial charge in [-0.3, -0.25) is 0 Å². The first-order valence-corrected chi connectivity index (χ1v) is 6.31. The van der Waals surface area contributed by atoms with E-state index >= 15 is 0 Å². The second-order valence-corrected chi connectivity index (χ2v) is 4.77. The van der Waals surface area contributed by atoms with Gasteiger partial charge in [0.05, 0.1) is 0 Å². The van der Waals surface area contributed by atoms with E-state index in [1.807, 2.05) is 12.1 Å². The first-order valence-electron chi connectivity index (χ1n) is 5.52. The van der Waals surface area contributed by atoms with Crippen LogP contribution in [0.3, 0.4) is 0 Å². The van der Waals surface area contributed by atoms with Gasteiger partial charge in [-0.1, -0.05) is 30.3 Å². The molecule has 0 aliphatic rings. The summed E-state index contributed by atoms with van der Waals surface area (Å²) in [4.78, 5) is 8.17. The summed E-state index contributed by atoms with van der Waals surface area (Å²) in [6.07, 6.45) is 2.52. The molecule has 17 heavy (non-hydrogen) atoms. The van der Waals surface area contributed by atoms with E-state index in [1.165, 1.54) is 5.56 Å². The minimum absolute atomic E-state index is 0.333. The van der Waals surface area contributed by atoms with Crippen LogP contribution >= 0.6 is 15.9 Å². The highest BCUT2D eigenvalue weighted by atomic mass is 79.9. The number of hydrogen-bond acceptors (Lipinski definition) is 3. The van der Waals surface area contributed by atoms with Gasteiger partial charge in [-0.05, 0) is 34.8 Å². The van der Waals surface area contributed by atoms with Crippen molar-refractivity contribution in [3.05, 3.63) is 52.9 Å². The number of nitrogens with one attached hydrogen (secondary N) is 1. The largest absolute Gasteiger partial charge is 0.367 e. The Morgan fingerprint density at radius 1 is 1.24 bits per heavy atom. The Hall–Kier alpha value is -1.42. The predicted octanol–water partition coefficient (Wildman–Crippen LogP) is 3.28. The van der Waals surface area contributed by atoms with E-state index in [2.05, 4.69) is 62.4 Å². The Balaban J connectivity index is 1.96. The Labute approximate surface area is 109 Å². The van der Waals surface area contributed by atoms with Crippen LogP contribution in [0.1, 0.15) is 12.5 Å². The highest BCUT2D eigenvalue weighted by Gasteiger charge is 2.04. The van der Waals surface area contributed by atoms with Crippen molar-refractivity contribution in [2.45, 2.75) is 19.4 Å². The molecule has 1 atom stereocenters. The van der Waals surface area contributed by atoms with Gasteiger partial charge in [-0.15, -0.1) is 0 Å². The highest BCUT2D eigenvalue weighted by molar-refractivity contribution is 9.10. The zero-order chi connectivity index (χ0) is 12.1. The van der Waals surface area contributed by atoms with Crippen molar-refractivity contribution in [2.75, 3.05) is 5.32 Å². The summed E-state index contributed by atoms with van der Waals surface area (Å²) in [5, 5.41) is 3.35. The lowest BCUT2D eigenvalue weighted by atomic mass is 10.1. The van der Waals surface area contributed by atoms with Crippen LogP contribution in [0.25, 0.3) is 0 Å². The number of anilines is 1. The molecule has 0 spiro atoms. The van der Waals surface area contributed by atoms with Gasteiger partial charge >= 0.3 is 0 Å². The van der Waals surface area contributed by atoms with Crippen LogP contribution in [0.15, 0.2) is 47.3 Å². The number of benzene rings is 1. The van der Waals surface area contributed by atoms with Gasteiger partial charge in [-0.2, -0.15) is 0 Å². The summed E-state index contributed by atoms with van der Waals surface area (Å²) < 4.78 is 0.793. The van der Waals surface area contributed by atoms with Crippen molar-refractivity contribution in [3.8, 4) is 0 Å². The van der Waals surface area contributed by atoms with Gasteiger partial charge in [0.1, 0.15) is 16.7 Å². The lowest BCUT2D eigenvalue weighted by Gasteiger charge is -2.14. The molecule has 1 aromatic carbocycles. The number of halogens is 1. The van der Waals surface area contributed by atoms with Gasteiger partial charge in [0.25, 0.3) is 0 Å². The standard InChI is InChI=1S/C13H14BrN3/c1-10(7-11-5-3-2-4-6-11)17-13-8-12(14)15-9-16-13/h2-6,8-10H,7H2,1H3,(H,15,16,17). The quantitative estimate of drug-likeness (QED) is 0.879. The Kier molecular flexibility index (Phi) is 4.09. The van der Waals surface area contributed by atoms with Gasteiger partial charge in [-0.25, -0.2) is 9.97 Å². The van der Waals surface area contributed by atoms with Crippen LogP contribution in [0, 0.1) is 0 Å². The molecule has 0 saturated heterocycles. The van der Waals surface area contributed by atoms with Crippen molar-refractivity contribution < 1.29 is 0 Å². The fraction of sp³-hybridized carbons (Fsp3) is 0.231. The topological polar surface area (TPSA) is 37.8 Å². The Morgan fingerprint density at radius 3 is 2.71 bits per heavy atom. The van der Waals surface area contributed by atoms with Crippen LogP contribution in [-0.4, -0.2) is 16.0 Å². The Morgan fingerprint density at radius 2 is 2.00 bits per heavy atom. The number of hydrogen-bond donors (Lipinski definition) is 1. The summed E-state index contributed by atoms with van der Waals surface area (Å²) in [6.45, 7) is 2.14. The molecule has 0 saturated carbocycles. The summed E-state index contributed by atoms with van der Waals surface area (Å²) in [7, 11) is 0. The van der Waals surface area contributed by atoms with Crippen molar-refractivity contribution in [1.82, 2.24) is 9.97 Å². The van der Waals surface area contributed by atoms with Crippen LogP contribution in [0.5, 0.6) is 0 Å². The molecule has 0 fully saturated rings. The molecule has 2 rings (SSSR count).